The van der Waals surface area contributed by atoms with Crippen molar-refractivity contribution < 1.29 is 9.50 Å². The molecule has 1 saturated carbocycles. The summed E-state index contributed by atoms with van der Waals surface area (Å²) in [5, 5.41) is 10.1. The fourth-order valence-electron chi connectivity index (χ4n) is 1.80. The third kappa shape index (κ3) is 1.48. The lowest BCUT2D eigenvalue weighted by Crippen LogP contribution is -2.33. The average Bonchev–Trinajstić information content (AvgIpc) is 2.09. The Hall–Kier alpha value is -0.410. The zero-order valence-corrected chi connectivity index (χ0v) is 9.57. The van der Waals surface area contributed by atoms with Crippen LogP contribution in [0.2, 0.25) is 0 Å². The van der Waals surface area contributed by atoms with E-state index in [1.54, 1.807) is 19.1 Å². The molecule has 0 amide bonds. The van der Waals surface area contributed by atoms with E-state index in [-0.39, 0.29) is 5.82 Å². The Morgan fingerprint density at radius 3 is 2.50 bits per heavy atom. The summed E-state index contributed by atoms with van der Waals surface area (Å²) in [5.74, 6) is -0.239. The molecule has 0 bridgehead atoms. The van der Waals surface area contributed by atoms with Crippen LogP contribution in [0.1, 0.15) is 30.4 Å². The van der Waals surface area contributed by atoms with E-state index >= 15 is 0 Å². The third-order valence-corrected chi connectivity index (χ3v) is 3.51. The van der Waals surface area contributed by atoms with Crippen molar-refractivity contribution in [2.24, 2.45) is 0 Å². The zero-order valence-electron chi connectivity index (χ0n) is 7.98. The Balaban J connectivity index is 2.45. The molecule has 1 nitrogen and oxygen atoms in total. The first-order valence-electron chi connectivity index (χ1n) is 4.71. The summed E-state index contributed by atoms with van der Waals surface area (Å²) in [4.78, 5) is 0. The van der Waals surface area contributed by atoms with Crippen LogP contribution >= 0.6 is 15.9 Å². The van der Waals surface area contributed by atoms with Crippen LogP contribution in [0.4, 0.5) is 4.39 Å². The molecular formula is C11H12BrFO. The molecule has 1 fully saturated rings. The molecule has 0 heterocycles. The second-order valence-corrected chi connectivity index (χ2v) is 4.83. The van der Waals surface area contributed by atoms with Crippen LogP contribution in [0.25, 0.3) is 0 Å². The molecule has 0 saturated heterocycles. The van der Waals surface area contributed by atoms with Gasteiger partial charge in [-0.25, -0.2) is 4.39 Å². The second-order valence-electron chi connectivity index (χ2n) is 3.97. The smallest absolute Gasteiger partial charge is 0.140 e. The summed E-state index contributed by atoms with van der Waals surface area (Å²) in [7, 11) is 0. The van der Waals surface area contributed by atoms with E-state index in [9.17, 15) is 9.50 Å². The van der Waals surface area contributed by atoms with Gasteiger partial charge in [0.25, 0.3) is 0 Å². The first-order chi connectivity index (χ1) is 6.53. The Morgan fingerprint density at radius 1 is 1.43 bits per heavy atom. The number of hydrogen-bond acceptors (Lipinski definition) is 1. The van der Waals surface area contributed by atoms with Crippen LogP contribution in [0.3, 0.4) is 0 Å². The number of aryl methyl sites for hydroxylation is 1. The van der Waals surface area contributed by atoms with Crippen molar-refractivity contribution in [3.05, 3.63) is 33.5 Å². The van der Waals surface area contributed by atoms with Crippen LogP contribution < -0.4 is 0 Å². The van der Waals surface area contributed by atoms with E-state index in [1.165, 1.54) is 0 Å². The normalized spacial score (nSPS) is 19.1. The first-order valence-corrected chi connectivity index (χ1v) is 5.51. The minimum atomic E-state index is -0.707. The van der Waals surface area contributed by atoms with Crippen molar-refractivity contribution in [3.8, 4) is 0 Å². The molecule has 0 unspecified atom stereocenters. The number of benzene rings is 1. The molecule has 0 aromatic heterocycles. The Morgan fingerprint density at radius 2 is 2.07 bits per heavy atom. The van der Waals surface area contributed by atoms with Crippen molar-refractivity contribution in [1.29, 1.82) is 0 Å². The van der Waals surface area contributed by atoms with E-state index in [1.807, 2.05) is 0 Å². The fourth-order valence-corrected chi connectivity index (χ4v) is 2.35. The van der Waals surface area contributed by atoms with E-state index in [0.717, 1.165) is 24.8 Å². The second kappa shape index (κ2) is 3.31. The molecular weight excluding hydrogens is 247 g/mol. The van der Waals surface area contributed by atoms with Gasteiger partial charge in [0.1, 0.15) is 5.82 Å². The molecule has 1 aromatic carbocycles. The van der Waals surface area contributed by atoms with Crippen molar-refractivity contribution in [2.75, 3.05) is 0 Å². The van der Waals surface area contributed by atoms with Crippen LogP contribution in [-0.2, 0) is 5.60 Å². The summed E-state index contributed by atoms with van der Waals surface area (Å²) < 4.78 is 13.7. The maximum atomic E-state index is 13.3. The predicted molar refractivity (Wildman–Crippen MR) is 56.6 cm³/mol. The number of halogens is 2. The summed E-state index contributed by atoms with van der Waals surface area (Å²) in [6, 6.07) is 3.42. The fraction of sp³-hybridized carbons (Fsp3) is 0.455. The van der Waals surface area contributed by atoms with Gasteiger partial charge in [-0.05, 0) is 59.3 Å². The molecule has 1 aromatic rings. The molecule has 0 radical (unpaired) electrons. The standard InChI is InChI=1S/C11H12BrFO/c1-7-5-8(6-9(12)10(7)13)11(14)3-2-4-11/h5-6,14H,2-4H2,1H3. The summed E-state index contributed by atoms with van der Waals surface area (Å²) in [6.45, 7) is 1.71. The Kier molecular flexibility index (Phi) is 2.40. The highest BCUT2D eigenvalue weighted by Crippen LogP contribution is 2.42. The lowest BCUT2D eigenvalue weighted by atomic mass is 9.75. The van der Waals surface area contributed by atoms with Gasteiger partial charge in [0, 0.05) is 0 Å². The van der Waals surface area contributed by atoms with Gasteiger partial charge >= 0.3 is 0 Å². The van der Waals surface area contributed by atoms with Crippen molar-refractivity contribution in [2.45, 2.75) is 31.8 Å². The van der Waals surface area contributed by atoms with Crippen LogP contribution in [-0.4, -0.2) is 5.11 Å². The zero-order chi connectivity index (χ0) is 10.3. The van der Waals surface area contributed by atoms with Gasteiger partial charge in [-0.15, -0.1) is 0 Å². The molecule has 1 N–H and O–H groups in total. The van der Waals surface area contributed by atoms with Crippen LogP contribution in [0.15, 0.2) is 16.6 Å². The highest BCUT2D eigenvalue weighted by atomic mass is 79.9. The topological polar surface area (TPSA) is 20.2 Å². The predicted octanol–water partition coefficient (Wildman–Crippen LogP) is 3.27. The summed E-state index contributed by atoms with van der Waals surface area (Å²) in [6.07, 6.45) is 2.61. The largest absolute Gasteiger partial charge is 0.385 e. The quantitative estimate of drug-likeness (QED) is 0.820. The monoisotopic (exact) mass is 258 g/mol. The lowest BCUT2D eigenvalue weighted by molar-refractivity contribution is -0.0389. The van der Waals surface area contributed by atoms with E-state index in [0.29, 0.717) is 10.0 Å². The highest BCUT2D eigenvalue weighted by Gasteiger charge is 2.36. The number of aliphatic hydroxyl groups is 1. The molecule has 1 aliphatic rings. The van der Waals surface area contributed by atoms with Gasteiger partial charge in [-0.2, -0.15) is 0 Å². The SMILES string of the molecule is Cc1cc(C2(O)CCC2)cc(Br)c1F. The number of rotatable bonds is 1. The maximum absolute atomic E-state index is 13.3. The minimum Gasteiger partial charge on any atom is -0.385 e. The molecule has 0 spiro atoms. The van der Waals surface area contributed by atoms with Crippen molar-refractivity contribution in [3.63, 3.8) is 0 Å². The third-order valence-electron chi connectivity index (χ3n) is 2.93. The number of hydrogen-bond donors (Lipinski definition) is 1. The van der Waals surface area contributed by atoms with Gasteiger partial charge in [0.05, 0.1) is 10.1 Å². The Labute approximate surface area is 91.1 Å². The van der Waals surface area contributed by atoms with Crippen molar-refractivity contribution in [1.82, 2.24) is 0 Å². The Bertz CT molecular complexity index is 349. The van der Waals surface area contributed by atoms with Crippen molar-refractivity contribution >= 4 is 15.9 Å². The first kappa shape index (κ1) is 10.1. The van der Waals surface area contributed by atoms with Gasteiger partial charge < -0.3 is 5.11 Å². The van der Waals surface area contributed by atoms with E-state index in [4.69, 9.17) is 0 Å². The highest BCUT2D eigenvalue weighted by molar-refractivity contribution is 9.10. The summed E-state index contributed by atoms with van der Waals surface area (Å²) in [5.41, 5.74) is 0.699. The lowest BCUT2D eigenvalue weighted by Gasteiger charge is -2.37. The van der Waals surface area contributed by atoms with Crippen LogP contribution in [0.5, 0.6) is 0 Å². The molecule has 3 heteroatoms. The van der Waals surface area contributed by atoms with Crippen LogP contribution in [0, 0.1) is 12.7 Å². The maximum Gasteiger partial charge on any atom is 0.140 e. The van der Waals surface area contributed by atoms with Gasteiger partial charge in [0.2, 0.25) is 0 Å². The average molecular weight is 259 g/mol. The minimum absolute atomic E-state index is 0.239. The molecule has 0 aliphatic heterocycles. The molecule has 14 heavy (non-hydrogen) atoms. The molecule has 1 aliphatic carbocycles. The molecule has 76 valence electrons. The van der Waals surface area contributed by atoms with Gasteiger partial charge in [-0.1, -0.05) is 6.07 Å². The summed E-state index contributed by atoms with van der Waals surface area (Å²) >= 11 is 3.16. The molecule has 0 atom stereocenters. The van der Waals surface area contributed by atoms with E-state index < -0.39 is 5.60 Å². The molecule has 2 rings (SSSR count). The van der Waals surface area contributed by atoms with E-state index in [2.05, 4.69) is 15.9 Å². The van der Waals surface area contributed by atoms with Gasteiger partial charge in [0.15, 0.2) is 0 Å². The van der Waals surface area contributed by atoms with Gasteiger partial charge in [-0.3, -0.25) is 0 Å².